The van der Waals surface area contributed by atoms with E-state index in [1.165, 1.54) is 6.20 Å². The molecule has 0 spiro atoms. The van der Waals surface area contributed by atoms with Crippen molar-refractivity contribution in [2.24, 2.45) is 11.5 Å². The molecule has 2 rings (SSSR count). The molecule has 0 saturated carbocycles. The van der Waals surface area contributed by atoms with Crippen LogP contribution in [0.5, 0.6) is 0 Å². The maximum Gasteiger partial charge on any atom is 0.251 e. The zero-order chi connectivity index (χ0) is 12.4. The van der Waals surface area contributed by atoms with E-state index in [-0.39, 0.29) is 12.1 Å². The fourth-order valence-corrected chi connectivity index (χ4v) is 2.45. The summed E-state index contributed by atoms with van der Waals surface area (Å²) in [6, 6.07) is 1.82. The summed E-state index contributed by atoms with van der Waals surface area (Å²) in [4.78, 5) is 11.0. The maximum absolute atomic E-state index is 11.0. The van der Waals surface area contributed by atoms with Crippen LogP contribution in [0.15, 0.2) is 29.2 Å². The van der Waals surface area contributed by atoms with Gasteiger partial charge < -0.3 is 11.5 Å². The van der Waals surface area contributed by atoms with Gasteiger partial charge >= 0.3 is 0 Å². The van der Waals surface area contributed by atoms with Gasteiger partial charge in [0.15, 0.2) is 0 Å². The molecule has 6 heteroatoms. The summed E-state index contributed by atoms with van der Waals surface area (Å²) in [6.45, 7) is 1.91. The van der Waals surface area contributed by atoms with E-state index in [0.717, 1.165) is 5.56 Å². The molecule has 2 aromatic rings. The first kappa shape index (κ1) is 11.8. The molecule has 2 unspecified atom stereocenters. The average Bonchev–Trinajstić information content (AvgIpc) is 2.88. The summed E-state index contributed by atoms with van der Waals surface area (Å²) >= 11 is 1.60. The summed E-state index contributed by atoms with van der Waals surface area (Å²) in [7, 11) is 0. The first-order chi connectivity index (χ1) is 8.09. The first-order valence-corrected chi connectivity index (χ1v) is 6.15. The van der Waals surface area contributed by atoms with Gasteiger partial charge in [0.05, 0.1) is 17.8 Å². The highest BCUT2D eigenvalue weighted by atomic mass is 32.1. The standard InChI is InChI=1S/C11H14N4OS/c1-7(12)10(8-2-3-17-6-8)15-5-9(4-14-15)11(13)16/h2-7,10H,12H2,1H3,(H2,13,16). The third kappa shape index (κ3) is 2.37. The van der Waals surface area contributed by atoms with Crippen LogP contribution in [0.2, 0.25) is 0 Å². The number of nitrogens with zero attached hydrogens (tertiary/aromatic N) is 2. The lowest BCUT2D eigenvalue weighted by Gasteiger charge is -2.20. The number of nitrogens with two attached hydrogens (primary N) is 2. The van der Waals surface area contributed by atoms with Crippen LogP contribution in [0.1, 0.15) is 28.9 Å². The molecule has 2 atom stereocenters. The van der Waals surface area contributed by atoms with Gasteiger partial charge in [-0.25, -0.2) is 0 Å². The van der Waals surface area contributed by atoms with E-state index >= 15 is 0 Å². The fourth-order valence-electron chi connectivity index (χ4n) is 1.76. The molecular weight excluding hydrogens is 236 g/mol. The van der Waals surface area contributed by atoms with Crippen LogP contribution in [0.3, 0.4) is 0 Å². The van der Waals surface area contributed by atoms with Gasteiger partial charge in [0.1, 0.15) is 0 Å². The summed E-state index contributed by atoms with van der Waals surface area (Å²) in [5, 5.41) is 8.17. The van der Waals surface area contributed by atoms with Gasteiger partial charge in [0, 0.05) is 12.2 Å². The van der Waals surface area contributed by atoms with Gasteiger partial charge in [0.25, 0.3) is 5.91 Å². The lowest BCUT2D eigenvalue weighted by molar-refractivity contribution is 0.1000. The van der Waals surface area contributed by atoms with Gasteiger partial charge in [0.2, 0.25) is 0 Å². The van der Waals surface area contributed by atoms with E-state index in [2.05, 4.69) is 5.10 Å². The number of carbonyl (C=O) groups excluding carboxylic acids is 1. The number of hydrogen-bond donors (Lipinski definition) is 2. The highest BCUT2D eigenvalue weighted by molar-refractivity contribution is 7.07. The molecule has 0 radical (unpaired) electrons. The Balaban J connectivity index is 2.36. The molecule has 0 aliphatic rings. The highest BCUT2D eigenvalue weighted by Gasteiger charge is 2.20. The van der Waals surface area contributed by atoms with E-state index in [1.54, 1.807) is 22.2 Å². The zero-order valence-electron chi connectivity index (χ0n) is 9.41. The van der Waals surface area contributed by atoms with Crippen molar-refractivity contribution < 1.29 is 4.79 Å². The van der Waals surface area contributed by atoms with E-state index in [1.807, 2.05) is 23.8 Å². The predicted octanol–water partition coefficient (Wildman–Crippen LogP) is 0.980. The minimum Gasteiger partial charge on any atom is -0.366 e. The quantitative estimate of drug-likeness (QED) is 0.848. The normalized spacial score (nSPS) is 14.5. The molecule has 0 aromatic carbocycles. The molecule has 1 amide bonds. The molecule has 17 heavy (non-hydrogen) atoms. The Morgan fingerprint density at radius 1 is 1.59 bits per heavy atom. The van der Waals surface area contributed by atoms with Crippen molar-refractivity contribution in [2.45, 2.75) is 19.0 Å². The molecule has 90 valence electrons. The minimum absolute atomic E-state index is 0.0747. The summed E-state index contributed by atoms with van der Waals surface area (Å²) in [6.07, 6.45) is 3.10. The summed E-state index contributed by atoms with van der Waals surface area (Å²) in [5.41, 5.74) is 12.7. The Labute approximate surface area is 103 Å². The molecule has 0 fully saturated rings. The summed E-state index contributed by atoms with van der Waals surface area (Å²) < 4.78 is 1.69. The Kier molecular flexibility index (Phi) is 3.26. The molecule has 0 aliphatic carbocycles. The van der Waals surface area contributed by atoms with Crippen LogP contribution < -0.4 is 11.5 Å². The van der Waals surface area contributed by atoms with Crippen molar-refractivity contribution in [3.05, 3.63) is 40.3 Å². The molecule has 2 heterocycles. The van der Waals surface area contributed by atoms with Crippen LogP contribution >= 0.6 is 11.3 Å². The molecule has 0 saturated heterocycles. The Hall–Kier alpha value is -1.66. The number of primary amides is 1. The monoisotopic (exact) mass is 250 g/mol. The Morgan fingerprint density at radius 3 is 2.82 bits per heavy atom. The molecule has 0 bridgehead atoms. The van der Waals surface area contributed by atoms with E-state index < -0.39 is 5.91 Å². The molecular formula is C11H14N4OS. The predicted molar refractivity (Wildman–Crippen MR) is 66.9 cm³/mol. The largest absolute Gasteiger partial charge is 0.366 e. The molecule has 4 N–H and O–H groups in total. The maximum atomic E-state index is 11.0. The third-order valence-corrected chi connectivity index (χ3v) is 3.26. The second kappa shape index (κ2) is 4.68. The fraction of sp³-hybridized carbons (Fsp3) is 0.273. The zero-order valence-corrected chi connectivity index (χ0v) is 10.2. The second-order valence-corrected chi connectivity index (χ2v) is 4.71. The van der Waals surface area contributed by atoms with Crippen LogP contribution in [0.25, 0.3) is 0 Å². The molecule has 2 aromatic heterocycles. The SMILES string of the molecule is CC(N)C(c1ccsc1)n1cc(C(N)=O)cn1. The van der Waals surface area contributed by atoms with Crippen molar-refractivity contribution in [2.75, 3.05) is 0 Å². The third-order valence-electron chi connectivity index (χ3n) is 2.55. The second-order valence-electron chi connectivity index (χ2n) is 3.93. The van der Waals surface area contributed by atoms with E-state index in [4.69, 9.17) is 11.5 Å². The van der Waals surface area contributed by atoms with Crippen molar-refractivity contribution in [1.82, 2.24) is 9.78 Å². The number of thiophene rings is 1. The molecule has 5 nitrogen and oxygen atoms in total. The van der Waals surface area contributed by atoms with Crippen LogP contribution in [0.4, 0.5) is 0 Å². The Morgan fingerprint density at radius 2 is 2.35 bits per heavy atom. The lowest BCUT2D eigenvalue weighted by Crippen LogP contribution is -2.30. The van der Waals surface area contributed by atoms with Crippen molar-refractivity contribution >= 4 is 17.2 Å². The smallest absolute Gasteiger partial charge is 0.251 e. The molecule has 0 aliphatic heterocycles. The van der Waals surface area contributed by atoms with Crippen LogP contribution in [0, 0.1) is 0 Å². The minimum atomic E-state index is -0.481. The van der Waals surface area contributed by atoms with Gasteiger partial charge in [-0.2, -0.15) is 16.4 Å². The average molecular weight is 250 g/mol. The van der Waals surface area contributed by atoms with E-state index in [9.17, 15) is 4.79 Å². The van der Waals surface area contributed by atoms with Crippen molar-refractivity contribution in [3.8, 4) is 0 Å². The van der Waals surface area contributed by atoms with Crippen molar-refractivity contribution in [3.63, 3.8) is 0 Å². The number of carbonyl (C=O) groups is 1. The van der Waals surface area contributed by atoms with E-state index in [0.29, 0.717) is 5.56 Å². The lowest BCUT2D eigenvalue weighted by atomic mass is 10.1. The van der Waals surface area contributed by atoms with Crippen molar-refractivity contribution in [1.29, 1.82) is 0 Å². The van der Waals surface area contributed by atoms with Gasteiger partial charge in [-0.05, 0) is 29.3 Å². The number of aromatic nitrogens is 2. The number of hydrogen-bond acceptors (Lipinski definition) is 4. The number of amides is 1. The van der Waals surface area contributed by atoms with Gasteiger partial charge in [-0.1, -0.05) is 0 Å². The van der Waals surface area contributed by atoms with Crippen LogP contribution in [-0.2, 0) is 0 Å². The van der Waals surface area contributed by atoms with Crippen LogP contribution in [-0.4, -0.2) is 21.7 Å². The van der Waals surface area contributed by atoms with Gasteiger partial charge in [-0.15, -0.1) is 0 Å². The Bertz CT molecular complexity index is 503. The number of rotatable bonds is 4. The topological polar surface area (TPSA) is 86.9 Å². The van der Waals surface area contributed by atoms with Gasteiger partial charge in [-0.3, -0.25) is 9.48 Å². The summed E-state index contributed by atoms with van der Waals surface area (Å²) in [5.74, 6) is -0.481. The highest BCUT2D eigenvalue weighted by Crippen LogP contribution is 2.23. The first-order valence-electron chi connectivity index (χ1n) is 5.21.